The van der Waals surface area contributed by atoms with Gasteiger partial charge < -0.3 is 20.2 Å². The Hall–Kier alpha value is -2.70. The third kappa shape index (κ3) is 8.67. The van der Waals surface area contributed by atoms with Crippen molar-refractivity contribution >= 4 is 23.7 Å². The molecular formula is C32H47N3O3. The van der Waals surface area contributed by atoms with E-state index in [1.165, 1.54) is 6.42 Å². The fraction of sp³-hybridized carbons (Fsp3) is 0.562. The molecule has 1 heterocycles. The maximum atomic E-state index is 12.7. The van der Waals surface area contributed by atoms with Gasteiger partial charge in [0.25, 0.3) is 0 Å². The molecule has 6 heteroatoms. The Morgan fingerprint density at radius 2 is 1.84 bits per heavy atom. The second-order valence-corrected chi connectivity index (χ2v) is 11.2. The summed E-state index contributed by atoms with van der Waals surface area (Å²) >= 11 is 0. The molecule has 208 valence electrons. The summed E-state index contributed by atoms with van der Waals surface area (Å²) in [4.78, 5) is 28.7. The molecule has 0 spiro atoms. The van der Waals surface area contributed by atoms with Crippen molar-refractivity contribution < 1.29 is 14.7 Å². The molecule has 0 aromatic heterocycles. The molecule has 0 bridgehead atoms. The molecule has 2 amide bonds. The third-order valence-corrected chi connectivity index (χ3v) is 7.48. The van der Waals surface area contributed by atoms with Gasteiger partial charge in [-0.3, -0.25) is 9.59 Å². The van der Waals surface area contributed by atoms with E-state index in [4.69, 9.17) is 0 Å². The first-order valence-corrected chi connectivity index (χ1v) is 14.5. The van der Waals surface area contributed by atoms with E-state index >= 15 is 0 Å². The Bertz CT molecular complexity index is 1010. The van der Waals surface area contributed by atoms with E-state index in [-0.39, 0.29) is 11.9 Å². The number of rotatable bonds is 16. The van der Waals surface area contributed by atoms with E-state index in [0.717, 1.165) is 61.0 Å². The molecule has 0 radical (unpaired) electrons. The van der Waals surface area contributed by atoms with Crippen LogP contribution in [0.2, 0.25) is 0 Å². The lowest BCUT2D eigenvalue weighted by atomic mass is 9.97. The number of amides is 2. The quantitative estimate of drug-likeness (QED) is 0.286. The summed E-state index contributed by atoms with van der Waals surface area (Å²) in [7, 11) is 0. The Morgan fingerprint density at radius 3 is 2.47 bits per heavy atom. The van der Waals surface area contributed by atoms with Crippen molar-refractivity contribution in [1.29, 1.82) is 0 Å². The maximum absolute atomic E-state index is 12.7. The minimum Gasteiger partial charge on any atom is -0.390 e. The van der Waals surface area contributed by atoms with Crippen LogP contribution in [0.25, 0.3) is 0 Å². The summed E-state index contributed by atoms with van der Waals surface area (Å²) in [5, 5.41) is 15.0. The lowest BCUT2D eigenvalue weighted by Crippen LogP contribution is -2.50. The second-order valence-electron chi connectivity index (χ2n) is 11.2. The fourth-order valence-corrected chi connectivity index (χ4v) is 5.31. The standard InChI is InChI=1S/C32H47N3O3/c1-5-11-27-18-28(34-17-10-16-32(34)38)21-29(19-27)35(23-36)30(20-26-14-7-6-8-15-26)31(37)22-33-25(4)13-9-12-24(2)3/h6-8,14-15,18-19,21,23-25,30-31,33,37H,5,9-13,16-17,20,22H2,1-4H3. The maximum Gasteiger partial charge on any atom is 0.227 e. The smallest absolute Gasteiger partial charge is 0.227 e. The first-order valence-electron chi connectivity index (χ1n) is 14.5. The third-order valence-electron chi connectivity index (χ3n) is 7.48. The van der Waals surface area contributed by atoms with Crippen molar-refractivity contribution in [3.8, 4) is 0 Å². The predicted molar refractivity (Wildman–Crippen MR) is 157 cm³/mol. The van der Waals surface area contributed by atoms with E-state index < -0.39 is 12.1 Å². The Kier molecular flexibility index (Phi) is 11.8. The zero-order valence-corrected chi connectivity index (χ0v) is 23.7. The average Bonchev–Trinajstić information content (AvgIpc) is 3.33. The minimum atomic E-state index is -0.764. The van der Waals surface area contributed by atoms with E-state index in [1.807, 2.05) is 47.4 Å². The molecule has 38 heavy (non-hydrogen) atoms. The van der Waals surface area contributed by atoms with E-state index in [2.05, 4.69) is 39.1 Å². The largest absolute Gasteiger partial charge is 0.390 e. The van der Waals surface area contributed by atoms with E-state index in [0.29, 0.717) is 31.8 Å². The van der Waals surface area contributed by atoms with Crippen LogP contribution in [0.5, 0.6) is 0 Å². The molecule has 3 atom stereocenters. The summed E-state index contributed by atoms with van der Waals surface area (Å²) < 4.78 is 0. The highest BCUT2D eigenvalue weighted by atomic mass is 16.3. The number of anilines is 2. The van der Waals surface area contributed by atoms with Crippen molar-refractivity contribution in [3.63, 3.8) is 0 Å². The molecule has 0 aliphatic carbocycles. The van der Waals surface area contributed by atoms with Crippen LogP contribution in [0.4, 0.5) is 11.4 Å². The van der Waals surface area contributed by atoms with Crippen LogP contribution in [0, 0.1) is 5.92 Å². The van der Waals surface area contributed by atoms with Crippen LogP contribution in [0.3, 0.4) is 0 Å². The van der Waals surface area contributed by atoms with Crippen molar-refractivity contribution in [1.82, 2.24) is 5.32 Å². The van der Waals surface area contributed by atoms with E-state index in [9.17, 15) is 14.7 Å². The zero-order chi connectivity index (χ0) is 27.5. The molecule has 2 aromatic carbocycles. The molecular weight excluding hydrogens is 474 g/mol. The molecule has 3 unspecified atom stereocenters. The van der Waals surface area contributed by atoms with Crippen molar-refractivity contribution in [2.45, 2.75) is 97.2 Å². The summed E-state index contributed by atoms with van der Waals surface area (Å²) in [5.41, 5.74) is 3.72. The van der Waals surface area contributed by atoms with E-state index in [1.54, 1.807) is 4.90 Å². The number of benzene rings is 2. The highest BCUT2D eigenvalue weighted by molar-refractivity contribution is 5.96. The van der Waals surface area contributed by atoms with Gasteiger partial charge in [0.1, 0.15) is 0 Å². The monoisotopic (exact) mass is 521 g/mol. The lowest BCUT2D eigenvalue weighted by molar-refractivity contribution is -0.117. The van der Waals surface area contributed by atoms with Gasteiger partial charge in [-0.1, -0.05) is 70.4 Å². The van der Waals surface area contributed by atoms with Gasteiger partial charge >= 0.3 is 0 Å². The summed E-state index contributed by atoms with van der Waals surface area (Å²) in [6, 6.07) is 15.9. The topological polar surface area (TPSA) is 72.9 Å². The number of nitrogens with one attached hydrogen (secondary N) is 1. The van der Waals surface area contributed by atoms with Crippen LogP contribution in [0.1, 0.15) is 77.3 Å². The van der Waals surface area contributed by atoms with Gasteiger partial charge in [-0.15, -0.1) is 0 Å². The molecule has 3 rings (SSSR count). The van der Waals surface area contributed by atoms with Crippen molar-refractivity contribution in [2.24, 2.45) is 5.92 Å². The summed E-state index contributed by atoms with van der Waals surface area (Å²) in [5.74, 6) is 0.812. The summed E-state index contributed by atoms with van der Waals surface area (Å²) in [6.45, 7) is 9.86. The van der Waals surface area contributed by atoms with Gasteiger partial charge in [-0.25, -0.2) is 0 Å². The average molecular weight is 522 g/mol. The van der Waals surface area contributed by atoms with Gasteiger partial charge in [-0.05, 0) is 67.9 Å². The van der Waals surface area contributed by atoms with Crippen molar-refractivity contribution in [2.75, 3.05) is 22.9 Å². The molecule has 1 aliphatic heterocycles. The minimum absolute atomic E-state index is 0.124. The molecule has 1 aliphatic rings. The molecule has 2 aromatic rings. The van der Waals surface area contributed by atoms with Gasteiger partial charge in [0.05, 0.1) is 12.1 Å². The number of aliphatic hydroxyl groups excluding tert-OH is 1. The molecule has 6 nitrogen and oxygen atoms in total. The number of aliphatic hydroxyl groups is 1. The molecule has 1 fully saturated rings. The van der Waals surface area contributed by atoms with Gasteiger partial charge in [-0.2, -0.15) is 0 Å². The number of nitrogens with zero attached hydrogens (tertiary/aromatic N) is 2. The summed E-state index contributed by atoms with van der Waals surface area (Å²) in [6.07, 6.45) is 7.23. The predicted octanol–water partition coefficient (Wildman–Crippen LogP) is 5.51. The van der Waals surface area contributed by atoms with Crippen LogP contribution in [0.15, 0.2) is 48.5 Å². The highest BCUT2D eigenvalue weighted by Crippen LogP contribution is 2.30. The SMILES string of the molecule is CCCc1cc(N2CCCC2=O)cc(N(C=O)C(Cc2ccccc2)C(O)CNC(C)CCCC(C)C)c1. The van der Waals surface area contributed by atoms with Crippen LogP contribution in [-0.2, 0) is 22.4 Å². The van der Waals surface area contributed by atoms with Crippen molar-refractivity contribution in [3.05, 3.63) is 59.7 Å². The number of carbonyl (C=O) groups excluding carboxylic acids is 2. The Labute approximate surface area is 229 Å². The van der Waals surface area contributed by atoms with Gasteiger partial charge in [0.15, 0.2) is 0 Å². The molecule has 1 saturated heterocycles. The second kappa shape index (κ2) is 15.0. The highest BCUT2D eigenvalue weighted by Gasteiger charge is 2.29. The number of aryl methyl sites for hydroxylation is 1. The van der Waals surface area contributed by atoms with Gasteiger partial charge in [0, 0.05) is 36.9 Å². The normalized spacial score (nSPS) is 16.1. The first kappa shape index (κ1) is 29.9. The van der Waals surface area contributed by atoms with Crippen LogP contribution < -0.4 is 15.1 Å². The number of hydrogen-bond acceptors (Lipinski definition) is 4. The number of carbonyl (C=O) groups is 2. The first-order chi connectivity index (χ1) is 18.3. The zero-order valence-electron chi connectivity index (χ0n) is 23.7. The van der Waals surface area contributed by atoms with Crippen LogP contribution >= 0.6 is 0 Å². The Morgan fingerprint density at radius 1 is 1.08 bits per heavy atom. The Balaban J connectivity index is 1.87. The lowest BCUT2D eigenvalue weighted by Gasteiger charge is -2.34. The van der Waals surface area contributed by atoms with Gasteiger partial charge in [0.2, 0.25) is 12.3 Å². The number of hydrogen-bond donors (Lipinski definition) is 2. The van der Waals surface area contributed by atoms with Crippen LogP contribution in [-0.4, -0.2) is 48.7 Å². The fourth-order valence-electron chi connectivity index (χ4n) is 5.31. The molecule has 0 saturated carbocycles. The molecule has 2 N–H and O–H groups in total.